The summed E-state index contributed by atoms with van der Waals surface area (Å²) >= 11 is 12.4. The number of hydrogen-bond acceptors (Lipinski definition) is 6. The lowest BCUT2D eigenvalue weighted by Crippen LogP contribution is -2.47. The van der Waals surface area contributed by atoms with Gasteiger partial charge in [0, 0.05) is 28.0 Å². The zero-order valence-electron chi connectivity index (χ0n) is 21.0. The molecule has 7 nitrogen and oxygen atoms in total. The van der Waals surface area contributed by atoms with Crippen molar-refractivity contribution in [2.24, 2.45) is 0 Å². The molecule has 198 valence electrons. The van der Waals surface area contributed by atoms with Crippen LogP contribution in [0.15, 0.2) is 42.6 Å². The van der Waals surface area contributed by atoms with Gasteiger partial charge in [0.05, 0.1) is 17.0 Å². The van der Waals surface area contributed by atoms with Crippen LogP contribution in [0.2, 0.25) is 10.0 Å². The fourth-order valence-corrected chi connectivity index (χ4v) is 6.05. The highest BCUT2D eigenvalue weighted by Crippen LogP contribution is 2.46. The molecule has 1 aromatic heterocycles. The molecule has 1 saturated heterocycles. The van der Waals surface area contributed by atoms with Crippen LogP contribution >= 0.6 is 23.2 Å². The number of fused-ring (bicyclic) bond motifs is 2. The second-order valence-corrected chi connectivity index (χ2v) is 10.7. The van der Waals surface area contributed by atoms with E-state index in [9.17, 15) is 14.0 Å². The maximum Gasteiger partial charge on any atom is 0.235 e. The molecule has 1 spiro atoms. The van der Waals surface area contributed by atoms with E-state index in [1.165, 1.54) is 12.1 Å². The molecule has 0 unspecified atom stereocenters. The molecule has 0 radical (unpaired) electrons. The largest absolute Gasteiger partial charge is 0.482 e. The van der Waals surface area contributed by atoms with Crippen LogP contribution in [0.25, 0.3) is 11.1 Å². The van der Waals surface area contributed by atoms with Gasteiger partial charge in [-0.15, -0.1) is 0 Å². The molecule has 1 amide bonds. The Kier molecular flexibility index (Phi) is 7.07. The maximum atomic E-state index is 14.1. The molecule has 1 fully saturated rings. The molecule has 3 aromatic rings. The lowest BCUT2D eigenvalue weighted by Gasteiger charge is -2.37. The number of ketones is 1. The Morgan fingerprint density at radius 1 is 1.21 bits per heavy atom. The number of rotatable bonds is 6. The van der Waals surface area contributed by atoms with E-state index >= 15 is 0 Å². The van der Waals surface area contributed by atoms with Crippen molar-refractivity contribution in [3.63, 3.8) is 0 Å². The highest BCUT2D eigenvalue weighted by molar-refractivity contribution is 6.36. The quantitative estimate of drug-likeness (QED) is 0.373. The van der Waals surface area contributed by atoms with Crippen LogP contribution in [0.1, 0.15) is 43.9 Å². The van der Waals surface area contributed by atoms with Gasteiger partial charge >= 0.3 is 0 Å². The van der Waals surface area contributed by atoms with Gasteiger partial charge in [0.15, 0.2) is 11.6 Å². The number of nitrogens with one attached hydrogen (secondary N) is 1. The zero-order valence-corrected chi connectivity index (χ0v) is 22.5. The first-order valence-corrected chi connectivity index (χ1v) is 13.1. The topological polar surface area (TPSA) is 97.6 Å². The Balaban J connectivity index is 1.44. The molecule has 3 N–H and O–H groups in total. The van der Waals surface area contributed by atoms with Gasteiger partial charge in [0.1, 0.15) is 17.7 Å². The first-order chi connectivity index (χ1) is 18.1. The summed E-state index contributed by atoms with van der Waals surface area (Å²) in [6.45, 7) is 5.01. The van der Waals surface area contributed by atoms with Crippen LogP contribution < -0.4 is 15.8 Å². The smallest absolute Gasteiger partial charge is 0.235 e. The molecule has 2 aliphatic rings. The predicted octanol–water partition coefficient (Wildman–Crippen LogP) is 5.79. The van der Waals surface area contributed by atoms with E-state index in [0.29, 0.717) is 43.8 Å². The number of halogens is 3. The molecule has 3 heterocycles. The van der Waals surface area contributed by atoms with Crippen molar-refractivity contribution in [2.45, 2.75) is 38.2 Å². The summed E-state index contributed by atoms with van der Waals surface area (Å²) in [4.78, 5) is 31.1. The number of carbonyl (C=O) groups excluding carboxylic acids is 2. The van der Waals surface area contributed by atoms with E-state index in [4.69, 9.17) is 33.7 Å². The Morgan fingerprint density at radius 3 is 2.66 bits per heavy atom. The van der Waals surface area contributed by atoms with E-state index in [-0.39, 0.29) is 27.6 Å². The fourth-order valence-electron chi connectivity index (χ4n) is 5.37. The Morgan fingerprint density at radius 2 is 1.95 bits per heavy atom. The van der Waals surface area contributed by atoms with Crippen LogP contribution in [0.5, 0.6) is 5.75 Å². The van der Waals surface area contributed by atoms with E-state index in [1.54, 1.807) is 26.1 Å². The molecule has 0 bridgehead atoms. The summed E-state index contributed by atoms with van der Waals surface area (Å²) < 4.78 is 20.1. The van der Waals surface area contributed by atoms with Crippen LogP contribution in [-0.2, 0) is 15.0 Å². The van der Waals surface area contributed by atoms with Crippen molar-refractivity contribution in [2.75, 3.05) is 30.7 Å². The fraction of sp³-hybridized carbons (Fsp3) is 0.321. The second kappa shape index (κ2) is 10.2. The van der Waals surface area contributed by atoms with Gasteiger partial charge in [-0.05, 0) is 81.2 Å². The number of aromatic nitrogens is 1. The van der Waals surface area contributed by atoms with E-state index < -0.39 is 17.3 Å². The number of benzene rings is 2. The number of nitrogens with zero attached hydrogens (tertiary/aromatic N) is 2. The minimum Gasteiger partial charge on any atom is -0.482 e. The van der Waals surface area contributed by atoms with Crippen LogP contribution in [0, 0.1) is 5.82 Å². The number of likely N-dealkylation sites (tertiary alicyclic amines) is 1. The highest BCUT2D eigenvalue weighted by atomic mass is 35.5. The van der Waals surface area contributed by atoms with E-state index in [1.807, 2.05) is 18.2 Å². The van der Waals surface area contributed by atoms with Gasteiger partial charge in [-0.25, -0.2) is 9.37 Å². The molecule has 1 atom stereocenters. The Labute approximate surface area is 230 Å². The normalized spacial score (nSPS) is 17.2. The molecule has 10 heteroatoms. The van der Waals surface area contributed by atoms with Crippen molar-refractivity contribution >= 4 is 46.4 Å². The molecular weight excluding hydrogens is 530 g/mol. The summed E-state index contributed by atoms with van der Waals surface area (Å²) in [6, 6.07) is 10.2. The number of amides is 1. The molecule has 0 aliphatic carbocycles. The third-order valence-electron chi connectivity index (χ3n) is 7.38. The number of hydrogen-bond donors (Lipinski definition) is 2. The van der Waals surface area contributed by atoms with Crippen LogP contribution in [-0.4, -0.2) is 41.2 Å². The highest BCUT2D eigenvalue weighted by Gasteiger charge is 2.48. The minimum absolute atomic E-state index is 0.00995. The average Bonchev–Trinajstić information content (AvgIpc) is 3.14. The number of piperidine rings is 1. The average molecular weight is 557 g/mol. The second-order valence-electron chi connectivity index (χ2n) is 9.90. The lowest BCUT2D eigenvalue weighted by molar-refractivity contribution is -0.123. The molecular formula is C28H27Cl2FN4O3. The standard InChI is InChI=1S/C28H27Cl2FN4O3/c1-15(36)14-35-9-7-28(8-10-35)19-11-17(3-6-22(19)34-27(28)37)18-12-23(26(32)33-13-18)38-16(2)24-20(29)4-5-21(31)25(24)30/h3-6,11-13,16H,7-10,14H2,1-2H3,(H2,32,33)(H,34,37)/t16-/m1/s1. The molecule has 2 aromatic carbocycles. The number of pyridine rings is 1. The van der Waals surface area contributed by atoms with Gasteiger partial charge in [0.2, 0.25) is 5.91 Å². The number of nitrogen functional groups attached to an aromatic ring is 1. The number of nitrogens with two attached hydrogens (primary N) is 1. The summed E-state index contributed by atoms with van der Waals surface area (Å²) in [5, 5.41) is 3.20. The lowest BCUT2D eigenvalue weighted by atomic mass is 9.73. The first kappa shape index (κ1) is 26.4. The minimum atomic E-state index is -0.699. The van der Waals surface area contributed by atoms with Crippen molar-refractivity contribution in [3.8, 4) is 16.9 Å². The van der Waals surface area contributed by atoms with E-state index in [2.05, 4.69) is 15.2 Å². The Bertz CT molecular complexity index is 1440. The summed E-state index contributed by atoms with van der Waals surface area (Å²) in [5.41, 5.74) is 9.10. The van der Waals surface area contributed by atoms with Gasteiger partial charge in [-0.1, -0.05) is 29.3 Å². The maximum absolute atomic E-state index is 14.1. The summed E-state index contributed by atoms with van der Waals surface area (Å²) in [6.07, 6.45) is 2.20. The van der Waals surface area contributed by atoms with Gasteiger partial charge in [0.25, 0.3) is 0 Å². The van der Waals surface area contributed by atoms with Crippen molar-refractivity contribution in [1.82, 2.24) is 9.88 Å². The molecule has 38 heavy (non-hydrogen) atoms. The number of Topliss-reactive ketones (excluding diaryl/α,β-unsaturated/α-hetero) is 1. The third kappa shape index (κ3) is 4.72. The first-order valence-electron chi connectivity index (χ1n) is 12.3. The molecule has 0 saturated carbocycles. The van der Waals surface area contributed by atoms with Crippen molar-refractivity contribution in [1.29, 1.82) is 0 Å². The number of ether oxygens (including phenoxy) is 1. The molecule has 2 aliphatic heterocycles. The van der Waals surface area contributed by atoms with Crippen molar-refractivity contribution in [3.05, 3.63) is 69.6 Å². The van der Waals surface area contributed by atoms with Crippen LogP contribution in [0.3, 0.4) is 0 Å². The SMILES string of the molecule is CC(=O)CN1CCC2(CC1)C(=O)Nc1ccc(-c3cnc(N)c(O[C@H](C)c4c(Cl)ccc(F)c4Cl)c3)cc12. The zero-order chi connectivity index (χ0) is 27.2. The monoisotopic (exact) mass is 556 g/mol. The van der Waals surface area contributed by atoms with Gasteiger partial charge in [-0.2, -0.15) is 0 Å². The molecule has 5 rings (SSSR count). The Hall–Kier alpha value is -3.20. The summed E-state index contributed by atoms with van der Waals surface area (Å²) in [5.74, 6) is -0.0254. The summed E-state index contributed by atoms with van der Waals surface area (Å²) in [7, 11) is 0. The van der Waals surface area contributed by atoms with Crippen molar-refractivity contribution < 1.29 is 18.7 Å². The van der Waals surface area contributed by atoms with Gasteiger partial charge in [-0.3, -0.25) is 14.5 Å². The van der Waals surface area contributed by atoms with Crippen LogP contribution in [0.4, 0.5) is 15.9 Å². The number of anilines is 2. The third-order valence-corrected chi connectivity index (χ3v) is 8.09. The predicted molar refractivity (Wildman–Crippen MR) is 146 cm³/mol. The van der Waals surface area contributed by atoms with E-state index in [0.717, 1.165) is 22.4 Å². The van der Waals surface area contributed by atoms with Gasteiger partial charge < -0.3 is 15.8 Å². The number of carbonyl (C=O) groups is 2.